The molecular weight excluding hydrogens is 232 g/mol. The van der Waals surface area contributed by atoms with Gasteiger partial charge in [0.05, 0.1) is 0 Å². The Balaban J connectivity index is 2.26. The number of aldehydes is 1. The van der Waals surface area contributed by atoms with E-state index in [1.54, 1.807) is 0 Å². The molecular formula is C18H16O. The molecule has 0 N–H and O–H groups in total. The molecule has 0 saturated heterocycles. The van der Waals surface area contributed by atoms with Crippen molar-refractivity contribution in [3.8, 4) is 0 Å². The number of hydrogen-bond acceptors (Lipinski definition) is 1. The molecule has 1 aliphatic rings. The molecule has 0 fully saturated rings. The van der Waals surface area contributed by atoms with Crippen molar-refractivity contribution in [3.63, 3.8) is 0 Å². The third-order valence-corrected chi connectivity index (χ3v) is 4.03. The summed E-state index contributed by atoms with van der Waals surface area (Å²) in [6.45, 7) is 4.27. The lowest BCUT2D eigenvalue weighted by molar-refractivity contribution is 0.112. The number of allylic oxidation sites excluding steroid dienone is 4. The van der Waals surface area contributed by atoms with E-state index in [9.17, 15) is 4.79 Å². The van der Waals surface area contributed by atoms with Crippen molar-refractivity contribution in [2.45, 2.75) is 20.3 Å². The Kier molecular flexibility index (Phi) is 2.83. The zero-order valence-corrected chi connectivity index (χ0v) is 11.2. The first-order chi connectivity index (χ1) is 9.20. The number of benzene rings is 2. The molecule has 2 aromatic carbocycles. The minimum Gasteiger partial charge on any atom is -0.298 e. The van der Waals surface area contributed by atoms with Crippen LogP contribution in [0, 0.1) is 0 Å². The van der Waals surface area contributed by atoms with Gasteiger partial charge in [0.2, 0.25) is 0 Å². The summed E-state index contributed by atoms with van der Waals surface area (Å²) in [6.07, 6.45) is 4.13. The second-order valence-corrected chi connectivity index (χ2v) is 5.10. The fourth-order valence-electron chi connectivity index (χ4n) is 2.73. The molecule has 0 amide bonds. The average Bonchev–Trinajstić information content (AvgIpc) is 2.77. The van der Waals surface area contributed by atoms with E-state index >= 15 is 0 Å². The van der Waals surface area contributed by atoms with E-state index in [-0.39, 0.29) is 0 Å². The van der Waals surface area contributed by atoms with Crippen molar-refractivity contribution in [1.29, 1.82) is 0 Å². The van der Waals surface area contributed by atoms with Crippen LogP contribution in [0.3, 0.4) is 0 Å². The second kappa shape index (κ2) is 4.51. The third kappa shape index (κ3) is 1.91. The van der Waals surface area contributed by atoms with Crippen molar-refractivity contribution in [3.05, 3.63) is 64.7 Å². The molecule has 1 aliphatic carbocycles. The van der Waals surface area contributed by atoms with Gasteiger partial charge >= 0.3 is 0 Å². The fraction of sp³-hybridized carbons (Fsp3) is 0.167. The molecule has 0 unspecified atom stereocenters. The van der Waals surface area contributed by atoms with Gasteiger partial charge < -0.3 is 0 Å². The normalized spacial score (nSPS) is 14.9. The van der Waals surface area contributed by atoms with Crippen LogP contribution in [0.5, 0.6) is 0 Å². The Morgan fingerprint density at radius 2 is 1.74 bits per heavy atom. The predicted octanol–water partition coefficient (Wildman–Crippen LogP) is 4.78. The van der Waals surface area contributed by atoms with Crippen molar-refractivity contribution in [2.75, 3.05) is 0 Å². The van der Waals surface area contributed by atoms with E-state index < -0.39 is 0 Å². The molecule has 19 heavy (non-hydrogen) atoms. The Hall–Kier alpha value is -2.15. The molecule has 0 radical (unpaired) electrons. The molecule has 0 atom stereocenters. The summed E-state index contributed by atoms with van der Waals surface area (Å²) in [6, 6.07) is 12.3. The summed E-state index contributed by atoms with van der Waals surface area (Å²) in [7, 11) is 0. The van der Waals surface area contributed by atoms with Crippen LogP contribution in [0.25, 0.3) is 16.3 Å². The van der Waals surface area contributed by atoms with E-state index in [4.69, 9.17) is 0 Å². The maximum absolute atomic E-state index is 11.4. The molecule has 0 aliphatic heterocycles. The predicted molar refractivity (Wildman–Crippen MR) is 80.3 cm³/mol. The Bertz CT molecular complexity index is 732. The highest BCUT2D eigenvalue weighted by Crippen LogP contribution is 2.35. The molecule has 0 saturated carbocycles. The number of carbonyl (C=O) groups is 1. The van der Waals surface area contributed by atoms with Crippen LogP contribution >= 0.6 is 0 Å². The maximum Gasteiger partial charge on any atom is 0.150 e. The van der Waals surface area contributed by atoms with E-state index in [1.165, 1.54) is 22.1 Å². The lowest BCUT2D eigenvalue weighted by atomic mass is 9.93. The highest BCUT2D eigenvalue weighted by atomic mass is 16.1. The molecule has 0 heterocycles. The monoisotopic (exact) mass is 248 g/mol. The average molecular weight is 248 g/mol. The Morgan fingerprint density at radius 3 is 2.32 bits per heavy atom. The SMILES string of the molecule is CC1=CCC(c2cc3ccccc3cc2C=O)=C1C. The standard InChI is InChI=1S/C18H16O/c1-12-7-8-17(13(12)2)18-10-15-6-4-3-5-14(15)9-16(18)11-19/h3-7,9-11H,8H2,1-2H3. The fourth-order valence-corrected chi connectivity index (χ4v) is 2.73. The van der Waals surface area contributed by atoms with Gasteiger partial charge in [-0.15, -0.1) is 0 Å². The Morgan fingerprint density at radius 1 is 1.05 bits per heavy atom. The summed E-state index contributed by atoms with van der Waals surface area (Å²) < 4.78 is 0. The molecule has 1 heteroatoms. The van der Waals surface area contributed by atoms with Gasteiger partial charge in [-0.05, 0) is 59.9 Å². The molecule has 0 aromatic heterocycles. The van der Waals surface area contributed by atoms with Crippen LogP contribution in [-0.2, 0) is 0 Å². The molecule has 2 aromatic rings. The molecule has 3 rings (SSSR count). The van der Waals surface area contributed by atoms with Crippen LogP contribution < -0.4 is 0 Å². The zero-order chi connectivity index (χ0) is 13.4. The molecule has 1 nitrogen and oxygen atoms in total. The van der Waals surface area contributed by atoms with Crippen LogP contribution in [-0.4, -0.2) is 6.29 Å². The quantitative estimate of drug-likeness (QED) is 0.699. The maximum atomic E-state index is 11.4. The number of fused-ring (bicyclic) bond motifs is 1. The first kappa shape index (κ1) is 11.9. The molecule has 0 bridgehead atoms. The second-order valence-electron chi connectivity index (χ2n) is 5.10. The summed E-state index contributed by atoms with van der Waals surface area (Å²) in [5, 5.41) is 2.31. The number of carbonyl (C=O) groups excluding carboxylic acids is 1. The largest absolute Gasteiger partial charge is 0.298 e. The van der Waals surface area contributed by atoms with E-state index in [0.29, 0.717) is 0 Å². The van der Waals surface area contributed by atoms with Crippen molar-refractivity contribution in [1.82, 2.24) is 0 Å². The molecule has 0 spiro atoms. The number of hydrogen-bond donors (Lipinski definition) is 0. The van der Waals surface area contributed by atoms with Crippen LogP contribution in [0.4, 0.5) is 0 Å². The summed E-state index contributed by atoms with van der Waals surface area (Å²) >= 11 is 0. The van der Waals surface area contributed by atoms with Crippen molar-refractivity contribution >= 4 is 22.6 Å². The first-order valence-electron chi connectivity index (χ1n) is 6.56. The van der Waals surface area contributed by atoms with E-state index in [1.807, 2.05) is 24.3 Å². The Labute approximate surface area is 113 Å². The molecule has 94 valence electrons. The van der Waals surface area contributed by atoms with Gasteiger partial charge in [-0.3, -0.25) is 4.79 Å². The lowest BCUT2D eigenvalue weighted by Gasteiger charge is -2.10. The van der Waals surface area contributed by atoms with Gasteiger partial charge in [-0.2, -0.15) is 0 Å². The van der Waals surface area contributed by atoms with Crippen LogP contribution in [0.15, 0.2) is 53.6 Å². The minimum absolute atomic E-state index is 0.788. The smallest absolute Gasteiger partial charge is 0.150 e. The van der Waals surface area contributed by atoms with Crippen LogP contribution in [0.2, 0.25) is 0 Å². The minimum atomic E-state index is 0.788. The number of rotatable bonds is 2. The topological polar surface area (TPSA) is 17.1 Å². The van der Waals surface area contributed by atoms with Gasteiger partial charge in [-0.1, -0.05) is 35.9 Å². The van der Waals surface area contributed by atoms with Gasteiger partial charge in [0.15, 0.2) is 6.29 Å². The van der Waals surface area contributed by atoms with Gasteiger partial charge in [-0.25, -0.2) is 0 Å². The zero-order valence-electron chi connectivity index (χ0n) is 11.2. The summed E-state index contributed by atoms with van der Waals surface area (Å²) in [5.41, 5.74) is 5.78. The summed E-state index contributed by atoms with van der Waals surface area (Å²) in [5.74, 6) is 0. The first-order valence-corrected chi connectivity index (χ1v) is 6.56. The van der Waals surface area contributed by atoms with Crippen molar-refractivity contribution in [2.24, 2.45) is 0 Å². The third-order valence-electron chi connectivity index (χ3n) is 4.03. The lowest BCUT2D eigenvalue weighted by Crippen LogP contribution is -1.93. The summed E-state index contributed by atoms with van der Waals surface area (Å²) in [4.78, 5) is 11.4. The van der Waals surface area contributed by atoms with Gasteiger partial charge in [0.25, 0.3) is 0 Å². The highest BCUT2D eigenvalue weighted by molar-refractivity contribution is 5.97. The van der Waals surface area contributed by atoms with E-state index in [2.05, 4.69) is 32.1 Å². The van der Waals surface area contributed by atoms with Crippen molar-refractivity contribution < 1.29 is 4.79 Å². The van der Waals surface area contributed by atoms with E-state index in [0.717, 1.165) is 29.2 Å². The highest BCUT2D eigenvalue weighted by Gasteiger charge is 2.16. The van der Waals surface area contributed by atoms with Crippen LogP contribution in [0.1, 0.15) is 36.2 Å². The van der Waals surface area contributed by atoms with Gasteiger partial charge in [0.1, 0.15) is 0 Å². The van der Waals surface area contributed by atoms with Gasteiger partial charge in [0, 0.05) is 5.56 Å².